The van der Waals surface area contributed by atoms with E-state index in [1.54, 1.807) is 0 Å². The lowest BCUT2D eigenvalue weighted by Gasteiger charge is -2.17. The number of H-pyrrole nitrogens is 1. The van der Waals surface area contributed by atoms with E-state index in [4.69, 9.17) is 0 Å². The summed E-state index contributed by atoms with van der Waals surface area (Å²) in [5.74, 6) is -3.63. The standard InChI is InChI=1S/C16H18FN5O6S/c1-7(2)3-9-14(25)20-16(21-15(9)26)19-8-4-10(17)13(11(23)5-8)22-12(24)6-18-29(22,27)28/h4-5,7,18,23H,3,6H2,1-2H3,(H3,19,20,21,25,26). The first-order chi connectivity index (χ1) is 13.5. The second-order valence-corrected chi connectivity index (χ2v) is 8.35. The number of carbonyl (C=O) groups excluding carboxylic acids is 1. The number of aromatic nitrogens is 2. The van der Waals surface area contributed by atoms with Gasteiger partial charge < -0.3 is 15.5 Å². The fourth-order valence-corrected chi connectivity index (χ4v) is 3.99. The number of carbonyl (C=O) groups is 1. The molecule has 1 aromatic heterocycles. The molecule has 1 aromatic carbocycles. The van der Waals surface area contributed by atoms with Gasteiger partial charge in [-0.15, -0.1) is 0 Å². The molecule has 13 heteroatoms. The molecule has 2 heterocycles. The maximum absolute atomic E-state index is 14.5. The van der Waals surface area contributed by atoms with Gasteiger partial charge in [0.2, 0.25) is 11.8 Å². The number of phenolic OH excluding ortho intramolecular Hbond substituents is 1. The minimum absolute atomic E-state index is 0.0974. The fourth-order valence-electron chi connectivity index (χ4n) is 2.80. The number of amides is 1. The number of halogens is 1. The lowest BCUT2D eigenvalue weighted by molar-refractivity contribution is -0.115. The van der Waals surface area contributed by atoms with Crippen LogP contribution in [0.3, 0.4) is 0 Å². The zero-order valence-corrected chi connectivity index (χ0v) is 16.2. The predicted octanol–water partition coefficient (Wildman–Crippen LogP) is 0.443. The lowest BCUT2D eigenvalue weighted by Crippen LogP contribution is -2.32. The van der Waals surface area contributed by atoms with Gasteiger partial charge in [0.15, 0.2) is 5.82 Å². The summed E-state index contributed by atoms with van der Waals surface area (Å²) in [6.07, 6.45) is 0.297. The van der Waals surface area contributed by atoms with E-state index in [1.807, 2.05) is 18.6 Å². The van der Waals surface area contributed by atoms with E-state index >= 15 is 0 Å². The Morgan fingerprint density at radius 2 is 2.00 bits per heavy atom. The van der Waals surface area contributed by atoms with Crippen molar-refractivity contribution in [2.45, 2.75) is 20.3 Å². The molecule has 1 aliphatic heterocycles. The Balaban J connectivity index is 1.95. The van der Waals surface area contributed by atoms with Crippen molar-refractivity contribution in [2.24, 2.45) is 5.92 Å². The number of aromatic hydroxyl groups is 2. The van der Waals surface area contributed by atoms with Crippen LogP contribution in [0.2, 0.25) is 0 Å². The molecule has 0 spiro atoms. The van der Waals surface area contributed by atoms with Gasteiger partial charge in [0.1, 0.15) is 11.4 Å². The quantitative estimate of drug-likeness (QED) is 0.459. The van der Waals surface area contributed by atoms with E-state index in [9.17, 15) is 32.6 Å². The second-order valence-electron chi connectivity index (χ2n) is 6.75. The van der Waals surface area contributed by atoms with Gasteiger partial charge in [-0.2, -0.15) is 22.4 Å². The van der Waals surface area contributed by atoms with Gasteiger partial charge in [-0.05, 0) is 18.4 Å². The van der Waals surface area contributed by atoms with Gasteiger partial charge in [0.05, 0.1) is 12.1 Å². The first-order valence-corrected chi connectivity index (χ1v) is 9.88. The Morgan fingerprint density at radius 1 is 1.31 bits per heavy atom. The normalized spacial score (nSPS) is 15.9. The summed E-state index contributed by atoms with van der Waals surface area (Å²) in [6, 6.07) is 1.74. The van der Waals surface area contributed by atoms with Crippen molar-refractivity contribution in [2.75, 3.05) is 16.2 Å². The highest BCUT2D eigenvalue weighted by Crippen LogP contribution is 2.36. The van der Waals surface area contributed by atoms with Gasteiger partial charge in [0, 0.05) is 11.8 Å². The minimum atomic E-state index is -4.31. The number of aromatic amines is 1. The number of nitrogens with one attached hydrogen (secondary N) is 3. The van der Waals surface area contributed by atoms with E-state index in [0.717, 1.165) is 12.1 Å². The van der Waals surface area contributed by atoms with E-state index in [-0.39, 0.29) is 27.4 Å². The van der Waals surface area contributed by atoms with Crippen molar-refractivity contribution >= 4 is 33.4 Å². The second kappa shape index (κ2) is 7.33. The van der Waals surface area contributed by atoms with Crippen molar-refractivity contribution < 1.29 is 27.8 Å². The molecule has 1 aliphatic rings. The van der Waals surface area contributed by atoms with Crippen LogP contribution in [0.1, 0.15) is 19.4 Å². The summed E-state index contributed by atoms with van der Waals surface area (Å²) in [5.41, 5.74) is -1.43. The van der Waals surface area contributed by atoms with E-state index in [0.29, 0.717) is 6.42 Å². The smallest absolute Gasteiger partial charge is 0.308 e. The van der Waals surface area contributed by atoms with Crippen LogP contribution in [0.25, 0.3) is 0 Å². The summed E-state index contributed by atoms with van der Waals surface area (Å²) < 4.78 is 40.3. The monoisotopic (exact) mass is 427 g/mol. The molecule has 0 saturated carbocycles. The molecule has 1 fully saturated rings. The molecule has 3 rings (SSSR count). The van der Waals surface area contributed by atoms with Crippen molar-refractivity contribution in [3.8, 4) is 11.6 Å². The summed E-state index contributed by atoms with van der Waals surface area (Å²) >= 11 is 0. The molecule has 5 N–H and O–H groups in total. The van der Waals surface area contributed by atoms with Crippen LogP contribution >= 0.6 is 0 Å². The molecule has 0 aliphatic carbocycles. The Morgan fingerprint density at radius 3 is 2.52 bits per heavy atom. The average Bonchev–Trinajstić information content (AvgIpc) is 2.84. The van der Waals surface area contributed by atoms with Gasteiger partial charge in [0.25, 0.3) is 11.5 Å². The fraction of sp³-hybridized carbons (Fsp3) is 0.312. The van der Waals surface area contributed by atoms with Crippen LogP contribution in [0.4, 0.5) is 21.7 Å². The lowest BCUT2D eigenvalue weighted by atomic mass is 10.1. The number of anilines is 3. The molecule has 0 atom stereocenters. The molecule has 0 radical (unpaired) electrons. The largest absolute Gasteiger partial charge is 0.506 e. The molecule has 2 aromatic rings. The third-order valence-corrected chi connectivity index (χ3v) is 5.36. The zero-order chi connectivity index (χ0) is 21.5. The van der Waals surface area contributed by atoms with Crippen LogP contribution in [-0.4, -0.2) is 41.1 Å². The number of nitrogens with zero attached hydrogens (tertiary/aromatic N) is 2. The minimum Gasteiger partial charge on any atom is -0.506 e. The highest BCUT2D eigenvalue weighted by Gasteiger charge is 2.39. The molecule has 0 bridgehead atoms. The Hall–Kier alpha value is -3.19. The van der Waals surface area contributed by atoms with Gasteiger partial charge in [-0.25, -0.2) is 4.39 Å². The molecular formula is C16H18FN5O6S. The van der Waals surface area contributed by atoms with E-state index in [2.05, 4.69) is 15.3 Å². The molecule has 11 nitrogen and oxygen atoms in total. The first-order valence-electron chi connectivity index (χ1n) is 8.44. The van der Waals surface area contributed by atoms with Crippen LogP contribution in [0.15, 0.2) is 16.9 Å². The maximum atomic E-state index is 14.5. The number of hydrogen-bond acceptors (Lipinski definition) is 8. The molecule has 29 heavy (non-hydrogen) atoms. The van der Waals surface area contributed by atoms with Gasteiger partial charge in [-0.1, -0.05) is 13.8 Å². The van der Waals surface area contributed by atoms with E-state index in [1.165, 1.54) is 0 Å². The van der Waals surface area contributed by atoms with Crippen LogP contribution in [-0.2, 0) is 21.4 Å². The molecule has 156 valence electrons. The highest BCUT2D eigenvalue weighted by molar-refractivity contribution is 7.92. The summed E-state index contributed by atoms with van der Waals surface area (Å²) in [7, 11) is -4.31. The highest BCUT2D eigenvalue weighted by atomic mass is 32.2. The molecule has 1 amide bonds. The van der Waals surface area contributed by atoms with E-state index < -0.39 is 51.4 Å². The van der Waals surface area contributed by atoms with Crippen LogP contribution < -0.4 is 19.9 Å². The predicted molar refractivity (Wildman–Crippen MR) is 101 cm³/mol. The van der Waals surface area contributed by atoms with Crippen LogP contribution in [0, 0.1) is 11.7 Å². The van der Waals surface area contributed by atoms with Gasteiger partial charge >= 0.3 is 10.2 Å². The van der Waals surface area contributed by atoms with Crippen molar-refractivity contribution in [3.05, 3.63) is 33.9 Å². The maximum Gasteiger partial charge on any atom is 0.308 e. The average molecular weight is 427 g/mol. The van der Waals surface area contributed by atoms with Crippen molar-refractivity contribution in [1.29, 1.82) is 0 Å². The van der Waals surface area contributed by atoms with Gasteiger partial charge in [-0.3, -0.25) is 14.6 Å². The first kappa shape index (κ1) is 20.5. The number of rotatable bonds is 5. The summed E-state index contributed by atoms with van der Waals surface area (Å²) in [6.45, 7) is 3.16. The third-order valence-electron chi connectivity index (χ3n) is 3.99. The summed E-state index contributed by atoms with van der Waals surface area (Å²) in [4.78, 5) is 30.1. The third kappa shape index (κ3) is 4.00. The number of hydrogen-bond donors (Lipinski definition) is 5. The summed E-state index contributed by atoms with van der Waals surface area (Å²) in [5, 5.41) is 22.6. The van der Waals surface area contributed by atoms with Crippen molar-refractivity contribution in [3.63, 3.8) is 0 Å². The van der Waals surface area contributed by atoms with Crippen molar-refractivity contribution in [1.82, 2.24) is 14.7 Å². The molecule has 0 unspecified atom stereocenters. The number of benzene rings is 1. The SMILES string of the molecule is CC(C)Cc1c(O)nc(Nc2cc(O)c(N3C(=O)CNS3(=O)=O)c(F)c2)[nH]c1=O. The Bertz CT molecular complexity index is 1120. The Labute approximate surface area is 164 Å². The Kier molecular flexibility index (Phi) is 5.19. The molecule has 1 saturated heterocycles. The molecular weight excluding hydrogens is 409 g/mol. The topological polar surface area (TPSA) is 165 Å². The number of phenols is 1. The zero-order valence-electron chi connectivity index (χ0n) is 15.4. The van der Waals surface area contributed by atoms with Crippen LogP contribution in [0.5, 0.6) is 11.6 Å².